The Hall–Kier alpha value is -0.620. The van der Waals surface area contributed by atoms with E-state index in [0.717, 1.165) is 0 Å². The number of carboxylic acid groups (broad SMARTS) is 1. The lowest BCUT2D eigenvalue weighted by atomic mass is 10.5. The van der Waals surface area contributed by atoms with Gasteiger partial charge in [0, 0.05) is 0 Å². The monoisotopic (exact) mass is 223 g/mol. The van der Waals surface area contributed by atoms with Crippen LogP contribution < -0.4 is 0 Å². The van der Waals surface area contributed by atoms with Gasteiger partial charge in [0.05, 0.1) is 17.9 Å². The van der Waals surface area contributed by atoms with E-state index >= 15 is 0 Å². The standard InChI is InChI=1S/C8H17NO4S/c1-9(2)5-3-6-14(12,13)7-4-8(10)11/h3-7H2,1-2H3,(H,10,11). The minimum atomic E-state index is -3.18. The molecular formula is C8H17NO4S. The SMILES string of the molecule is CN(C)CCCS(=O)(=O)CCC(=O)O. The summed E-state index contributed by atoms with van der Waals surface area (Å²) in [5, 5.41) is 8.32. The largest absolute Gasteiger partial charge is 0.481 e. The second kappa shape index (κ2) is 5.98. The number of rotatable bonds is 7. The highest BCUT2D eigenvalue weighted by Crippen LogP contribution is 1.97. The van der Waals surface area contributed by atoms with Crippen LogP contribution in [-0.2, 0) is 14.6 Å². The number of carboxylic acids is 1. The summed E-state index contributed by atoms with van der Waals surface area (Å²) >= 11 is 0. The van der Waals surface area contributed by atoms with Gasteiger partial charge in [-0.3, -0.25) is 4.79 Å². The first-order valence-electron chi connectivity index (χ1n) is 4.40. The molecule has 0 rings (SSSR count). The predicted molar refractivity (Wildman–Crippen MR) is 54.1 cm³/mol. The third-order valence-electron chi connectivity index (χ3n) is 1.69. The van der Waals surface area contributed by atoms with Gasteiger partial charge in [-0.15, -0.1) is 0 Å². The van der Waals surface area contributed by atoms with E-state index in [9.17, 15) is 13.2 Å². The van der Waals surface area contributed by atoms with Gasteiger partial charge in [0.2, 0.25) is 0 Å². The van der Waals surface area contributed by atoms with Crippen LogP contribution in [0.1, 0.15) is 12.8 Å². The molecule has 0 saturated carbocycles. The molecule has 0 aliphatic carbocycles. The van der Waals surface area contributed by atoms with Crippen molar-refractivity contribution in [2.45, 2.75) is 12.8 Å². The maximum absolute atomic E-state index is 11.2. The van der Waals surface area contributed by atoms with Crippen molar-refractivity contribution in [3.05, 3.63) is 0 Å². The molecule has 0 radical (unpaired) electrons. The smallest absolute Gasteiger partial charge is 0.304 e. The summed E-state index contributed by atoms with van der Waals surface area (Å²) in [7, 11) is 0.550. The fourth-order valence-corrected chi connectivity index (χ4v) is 2.20. The Labute approximate surface area is 84.6 Å². The maximum Gasteiger partial charge on any atom is 0.304 e. The Balaban J connectivity index is 3.79. The van der Waals surface area contributed by atoms with Crippen molar-refractivity contribution in [3.63, 3.8) is 0 Å². The fraction of sp³-hybridized carbons (Fsp3) is 0.875. The molecule has 84 valence electrons. The molecule has 0 aromatic heterocycles. The summed E-state index contributed by atoms with van der Waals surface area (Å²) < 4.78 is 22.5. The van der Waals surface area contributed by atoms with Crippen molar-refractivity contribution < 1.29 is 18.3 Å². The molecule has 0 saturated heterocycles. The second-order valence-electron chi connectivity index (χ2n) is 3.45. The van der Waals surface area contributed by atoms with Crippen LogP contribution >= 0.6 is 0 Å². The normalized spacial score (nSPS) is 11.9. The molecule has 0 fully saturated rings. The Kier molecular flexibility index (Phi) is 5.71. The number of carbonyl (C=O) groups is 1. The average Bonchev–Trinajstić information content (AvgIpc) is 2.00. The number of nitrogens with zero attached hydrogens (tertiary/aromatic N) is 1. The van der Waals surface area contributed by atoms with E-state index in [1.165, 1.54) is 0 Å². The molecule has 0 aromatic rings. The minimum Gasteiger partial charge on any atom is -0.481 e. The molecule has 0 spiro atoms. The lowest BCUT2D eigenvalue weighted by Crippen LogP contribution is -2.19. The van der Waals surface area contributed by atoms with Crippen LogP contribution in [0.4, 0.5) is 0 Å². The van der Waals surface area contributed by atoms with Gasteiger partial charge < -0.3 is 10.0 Å². The van der Waals surface area contributed by atoms with Crippen molar-refractivity contribution in [2.75, 3.05) is 32.1 Å². The predicted octanol–water partition coefficient (Wildman–Crippen LogP) is -0.172. The van der Waals surface area contributed by atoms with Crippen LogP contribution in [0.3, 0.4) is 0 Å². The minimum absolute atomic E-state index is 0.0679. The Morgan fingerprint density at radius 1 is 1.29 bits per heavy atom. The fourth-order valence-electron chi connectivity index (χ4n) is 0.946. The summed E-state index contributed by atoms with van der Waals surface area (Å²) in [5.41, 5.74) is 0. The van der Waals surface area contributed by atoms with Crippen molar-refractivity contribution >= 4 is 15.8 Å². The highest BCUT2D eigenvalue weighted by Gasteiger charge is 2.12. The molecule has 0 heterocycles. The molecular weight excluding hydrogens is 206 g/mol. The zero-order chi connectivity index (χ0) is 11.2. The summed E-state index contributed by atoms with van der Waals surface area (Å²) in [5.74, 6) is -1.25. The van der Waals surface area contributed by atoms with Crippen molar-refractivity contribution in [1.29, 1.82) is 0 Å². The van der Waals surface area contributed by atoms with E-state index in [2.05, 4.69) is 0 Å². The first-order chi connectivity index (χ1) is 6.33. The van der Waals surface area contributed by atoms with Gasteiger partial charge >= 0.3 is 5.97 Å². The number of hydrogen-bond acceptors (Lipinski definition) is 4. The van der Waals surface area contributed by atoms with Crippen LogP contribution in [0.2, 0.25) is 0 Å². The topological polar surface area (TPSA) is 74.7 Å². The summed E-state index contributed by atoms with van der Waals surface area (Å²) in [6, 6.07) is 0. The van der Waals surface area contributed by atoms with E-state index in [1.54, 1.807) is 0 Å². The molecule has 1 N–H and O–H groups in total. The summed E-state index contributed by atoms with van der Waals surface area (Å²) in [4.78, 5) is 12.1. The number of aliphatic carboxylic acids is 1. The molecule has 6 heteroatoms. The van der Waals surface area contributed by atoms with E-state index in [-0.39, 0.29) is 17.9 Å². The molecule has 0 atom stereocenters. The lowest BCUT2D eigenvalue weighted by Gasteiger charge is -2.08. The number of sulfone groups is 1. The highest BCUT2D eigenvalue weighted by molar-refractivity contribution is 7.91. The van der Waals surface area contributed by atoms with E-state index in [1.807, 2.05) is 19.0 Å². The third kappa shape index (κ3) is 8.00. The zero-order valence-electron chi connectivity index (χ0n) is 8.56. The molecule has 0 aliphatic rings. The Morgan fingerprint density at radius 3 is 2.29 bits per heavy atom. The lowest BCUT2D eigenvalue weighted by molar-refractivity contribution is -0.136. The van der Waals surface area contributed by atoms with Gasteiger partial charge in [-0.25, -0.2) is 8.42 Å². The molecule has 0 aliphatic heterocycles. The molecule has 5 nitrogen and oxygen atoms in total. The second-order valence-corrected chi connectivity index (χ2v) is 5.76. The van der Waals surface area contributed by atoms with Crippen molar-refractivity contribution in [1.82, 2.24) is 4.90 Å². The third-order valence-corrected chi connectivity index (χ3v) is 3.42. The van der Waals surface area contributed by atoms with Gasteiger partial charge in [0.25, 0.3) is 0 Å². The van der Waals surface area contributed by atoms with Crippen molar-refractivity contribution in [2.24, 2.45) is 0 Å². The molecule has 14 heavy (non-hydrogen) atoms. The quantitative estimate of drug-likeness (QED) is 0.648. The van der Waals surface area contributed by atoms with E-state index in [0.29, 0.717) is 13.0 Å². The van der Waals surface area contributed by atoms with Gasteiger partial charge in [0.15, 0.2) is 9.84 Å². The van der Waals surface area contributed by atoms with E-state index in [4.69, 9.17) is 5.11 Å². The van der Waals surface area contributed by atoms with Crippen LogP contribution in [0, 0.1) is 0 Å². The maximum atomic E-state index is 11.2. The van der Waals surface area contributed by atoms with Crippen LogP contribution in [0.5, 0.6) is 0 Å². The Morgan fingerprint density at radius 2 is 1.86 bits per heavy atom. The van der Waals surface area contributed by atoms with Gasteiger partial charge in [-0.05, 0) is 27.1 Å². The Bertz CT molecular complexity index is 271. The zero-order valence-corrected chi connectivity index (χ0v) is 9.38. The van der Waals surface area contributed by atoms with Gasteiger partial charge in [-0.2, -0.15) is 0 Å². The molecule has 0 amide bonds. The first-order valence-corrected chi connectivity index (χ1v) is 6.22. The molecule has 0 aromatic carbocycles. The molecule has 0 bridgehead atoms. The van der Waals surface area contributed by atoms with E-state index < -0.39 is 15.8 Å². The van der Waals surface area contributed by atoms with Crippen LogP contribution in [0.15, 0.2) is 0 Å². The van der Waals surface area contributed by atoms with Gasteiger partial charge in [-0.1, -0.05) is 0 Å². The van der Waals surface area contributed by atoms with Crippen molar-refractivity contribution in [3.8, 4) is 0 Å². The van der Waals surface area contributed by atoms with Crippen LogP contribution in [-0.4, -0.2) is 56.5 Å². The van der Waals surface area contributed by atoms with Crippen LogP contribution in [0.25, 0.3) is 0 Å². The highest BCUT2D eigenvalue weighted by atomic mass is 32.2. The van der Waals surface area contributed by atoms with Gasteiger partial charge in [0.1, 0.15) is 0 Å². The average molecular weight is 223 g/mol. The summed E-state index contributed by atoms with van der Waals surface area (Å²) in [6.45, 7) is 0.701. The molecule has 0 unspecified atom stereocenters. The summed E-state index contributed by atoms with van der Waals surface area (Å²) in [6.07, 6.45) is 0.249. The first kappa shape index (κ1) is 13.4. The number of hydrogen-bond donors (Lipinski definition) is 1.